The molecular formula is C14H16N4O3S2. The fraction of sp³-hybridized carbons (Fsp3) is 0.429. The molecule has 0 spiro atoms. The van der Waals surface area contributed by atoms with Crippen LogP contribution in [0.5, 0.6) is 0 Å². The third-order valence-electron chi connectivity index (χ3n) is 3.17. The largest absolute Gasteiger partial charge is 0.450 e. The highest BCUT2D eigenvalue weighted by Crippen LogP contribution is 2.41. The van der Waals surface area contributed by atoms with Crippen LogP contribution < -0.4 is 5.32 Å². The lowest BCUT2D eigenvalue weighted by atomic mass is 10.4. The van der Waals surface area contributed by atoms with Crippen molar-refractivity contribution >= 4 is 35.1 Å². The van der Waals surface area contributed by atoms with Crippen LogP contribution in [0.2, 0.25) is 0 Å². The molecule has 1 aliphatic carbocycles. The maximum Gasteiger partial charge on any atom is 0.413 e. The van der Waals surface area contributed by atoms with E-state index in [9.17, 15) is 9.59 Å². The van der Waals surface area contributed by atoms with Gasteiger partial charge in [0.05, 0.1) is 17.2 Å². The van der Waals surface area contributed by atoms with E-state index < -0.39 is 12.0 Å². The number of nitrogens with zero attached hydrogens (tertiary/aromatic N) is 3. The molecule has 1 fully saturated rings. The summed E-state index contributed by atoms with van der Waals surface area (Å²) >= 11 is 2.89. The normalized spacial score (nSPS) is 13.8. The quantitative estimate of drug-likeness (QED) is 0.805. The Labute approximate surface area is 141 Å². The minimum atomic E-state index is -0.721. The maximum absolute atomic E-state index is 11.7. The molecule has 2 amide bonds. The number of imide groups is 1. The second-order valence-corrected chi connectivity index (χ2v) is 6.83. The van der Waals surface area contributed by atoms with E-state index in [0.717, 1.165) is 23.5 Å². The topological polar surface area (TPSA) is 86.1 Å². The molecule has 0 aliphatic heterocycles. The number of ether oxygens (including phenoxy) is 1. The summed E-state index contributed by atoms with van der Waals surface area (Å²) in [5.74, 6) is 0.529. The molecule has 2 aromatic rings. The molecule has 0 bridgehead atoms. The van der Waals surface area contributed by atoms with Gasteiger partial charge in [-0.05, 0) is 31.2 Å². The minimum Gasteiger partial charge on any atom is -0.450 e. The Morgan fingerprint density at radius 3 is 2.96 bits per heavy atom. The lowest BCUT2D eigenvalue weighted by molar-refractivity contribution is -0.117. The number of alkyl carbamates (subject to hydrolysis) is 1. The van der Waals surface area contributed by atoms with Crippen molar-refractivity contribution in [3.8, 4) is 10.7 Å². The summed E-state index contributed by atoms with van der Waals surface area (Å²) in [6, 6.07) is 4.39. The number of aromatic nitrogens is 3. The fourth-order valence-electron chi connectivity index (χ4n) is 2.06. The van der Waals surface area contributed by atoms with Gasteiger partial charge < -0.3 is 4.74 Å². The predicted molar refractivity (Wildman–Crippen MR) is 87.5 cm³/mol. The average molecular weight is 352 g/mol. The Morgan fingerprint density at radius 2 is 2.30 bits per heavy atom. The number of rotatable bonds is 6. The molecule has 0 aromatic carbocycles. The molecule has 0 saturated heterocycles. The first-order valence-corrected chi connectivity index (χ1v) is 9.13. The molecule has 0 unspecified atom stereocenters. The zero-order valence-electron chi connectivity index (χ0n) is 12.5. The Morgan fingerprint density at radius 1 is 1.48 bits per heavy atom. The number of nitrogens with one attached hydrogen (secondary N) is 1. The minimum absolute atomic E-state index is 0.0914. The number of thioether (sulfide) groups is 1. The van der Waals surface area contributed by atoms with E-state index in [1.165, 1.54) is 11.8 Å². The summed E-state index contributed by atoms with van der Waals surface area (Å²) < 4.78 is 6.77. The molecule has 122 valence electrons. The van der Waals surface area contributed by atoms with Crippen LogP contribution in [-0.2, 0) is 9.53 Å². The van der Waals surface area contributed by atoms with Crippen LogP contribution in [0, 0.1) is 0 Å². The Hall–Kier alpha value is -1.87. The van der Waals surface area contributed by atoms with Crippen LogP contribution in [0.15, 0.2) is 22.7 Å². The second-order valence-electron chi connectivity index (χ2n) is 4.94. The first-order valence-electron chi connectivity index (χ1n) is 7.27. The zero-order chi connectivity index (χ0) is 16.2. The Balaban J connectivity index is 1.67. The van der Waals surface area contributed by atoms with Crippen LogP contribution in [0.3, 0.4) is 0 Å². The van der Waals surface area contributed by atoms with E-state index in [4.69, 9.17) is 0 Å². The maximum atomic E-state index is 11.7. The molecule has 2 heterocycles. The molecule has 0 atom stereocenters. The lowest BCUT2D eigenvalue weighted by Crippen LogP contribution is -2.32. The highest BCUT2D eigenvalue weighted by atomic mass is 32.2. The van der Waals surface area contributed by atoms with Gasteiger partial charge in [0, 0.05) is 6.04 Å². The Bertz CT molecular complexity index is 695. The van der Waals surface area contributed by atoms with Crippen molar-refractivity contribution in [2.45, 2.75) is 31.0 Å². The first kappa shape index (κ1) is 16.0. The van der Waals surface area contributed by atoms with Gasteiger partial charge in [-0.2, -0.15) is 0 Å². The molecule has 0 radical (unpaired) electrons. The van der Waals surface area contributed by atoms with Gasteiger partial charge >= 0.3 is 6.09 Å². The number of thiophene rings is 1. The second kappa shape index (κ2) is 7.14. The van der Waals surface area contributed by atoms with Crippen LogP contribution >= 0.6 is 23.1 Å². The third-order valence-corrected chi connectivity index (χ3v) is 4.98. The van der Waals surface area contributed by atoms with Crippen molar-refractivity contribution in [3.63, 3.8) is 0 Å². The van der Waals surface area contributed by atoms with Gasteiger partial charge in [0.15, 0.2) is 11.0 Å². The van der Waals surface area contributed by atoms with Crippen molar-refractivity contribution in [1.82, 2.24) is 20.1 Å². The van der Waals surface area contributed by atoms with Crippen molar-refractivity contribution in [2.75, 3.05) is 12.4 Å². The molecule has 1 N–H and O–H groups in total. The van der Waals surface area contributed by atoms with E-state index in [1.807, 2.05) is 17.5 Å². The van der Waals surface area contributed by atoms with Gasteiger partial charge in [-0.1, -0.05) is 17.8 Å². The SMILES string of the molecule is CCOC(=O)NC(=O)CSc1nnc(-c2cccs2)n1C1CC1. The molecule has 1 saturated carbocycles. The van der Waals surface area contributed by atoms with Gasteiger partial charge in [0.2, 0.25) is 5.91 Å². The summed E-state index contributed by atoms with van der Waals surface area (Å²) in [6.07, 6.45) is 1.47. The fourth-order valence-corrected chi connectivity index (χ4v) is 3.57. The molecule has 2 aromatic heterocycles. The lowest BCUT2D eigenvalue weighted by Gasteiger charge is -2.07. The van der Waals surface area contributed by atoms with E-state index >= 15 is 0 Å². The number of carbonyl (C=O) groups excluding carboxylic acids is 2. The zero-order valence-corrected chi connectivity index (χ0v) is 14.2. The molecule has 23 heavy (non-hydrogen) atoms. The molecule has 1 aliphatic rings. The number of hydrogen-bond donors (Lipinski definition) is 1. The number of hydrogen-bond acceptors (Lipinski definition) is 7. The van der Waals surface area contributed by atoms with Crippen LogP contribution in [0.1, 0.15) is 25.8 Å². The van der Waals surface area contributed by atoms with Crippen LogP contribution in [0.25, 0.3) is 10.7 Å². The predicted octanol–water partition coefficient (Wildman–Crippen LogP) is 2.71. The summed E-state index contributed by atoms with van der Waals surface area (Å²) in [6.45, 7) is 1.91. The Kier molecular flexibility index (Phi) is 4.97. The van der Waals surface area contributed by atoms with E-state index in [0.29, 0.717) is 11.2 Å². The number of amides is 2. The molecule has 7 nitrogen and oxygen atoms in total. The third kappa shape index (κ3) is 3.91. The van der Waals surface area contributed by atoms with Crippen molar-refractivity contribution < 1.29 is 14.3 Å². The van der Waals surface area contributed by atoms with E-state index in [2.05, 4.69) is 24.8 Å². The van der Waals surface area contributed by atoms with E-state index in [1.54, 1.807) is 18.3 Å². The van der Waals surface area contributed by atoms with Gasteiger partial charge in [-0.3, -0.25) is 14.7 Å². The van der Waals surface area contributed by atoms with Gasteiger partial charge in [0.1, 0.15) is 0 Å². The molecular weight excluding hydrogens is 336 g/mol. The average Bonchev–Trinajstić information content (AvgIpc) is 3.05. The summed E-state index contributed by atoms with van der Waals surface area (Å²) in [4.78, 5) is 24.0. The van der Waals surface area contributed by atoms with Crippen LogP contribution in [0.4, 0.5) is 4.79 Å². The van der Waals surface area contributed by atoms with Crippen LogP contribution in [-0.4, -0.2) is 39.1 Å². The molecule has 9 heteroatoms. The van der Waals surface area contributed by atoms with Crippen molar-refractivity contribution in [3.05, 3.63) is 17.5 Å². The summed E-state index contributed by atoms with van der Waals surface area (Å²) in [5.41, 5.74) is 0. The summed E-state index contributed by atoms with van der Waals surface area (Å²) in [5, 5.41) is 13.4. The van der Waals surface area contributed by atoms with Gasteiger partial charge in [-0.15, -0.1) is 21.5 Å². The van der Waals surface area contributed by atoms with Gasteiger partial charge in [-0.25, -0.2) is 4.79 Å². The highest BCUT2D eigenvalue weighted by Gasteiger charge is 2.30. The first-order chi connectivity index (χ1) is 11.2. The van der Waals surface area contributed by atoms with E-state index in [-0.39, 0.29) is 12.4 Å². The molecule has 3 rings (SSSR count). The van der Waals surface area contributed by atoms with Crippen molar-refractivity contribution in [1.29, 1.82) is 0 Å². The number of carbonyl (C=O) groups is 2. The summed E-state index contributed by atoms with van der Waals surface area (Å²) in [7, 11) is 0. The highest BCUT2D eigenvalue weighted by molar-refractivity contribution is 7.99. The smallest absolute Gasteiger partial charge is 0.413 e. The standard InChI is InChI=1S/C14H16N4O3S2/c1-2-21-14(20)15-11(19)8-23-13-17-16-12(10-4-3-7-22-10)18(13)9-5-6-9/h3-4,7,9H,2,5-6,8H2,1H3,(H,15,19,20). The van der Waals surface area contributed by atoms with Crippen molar-refractivity contribution in [2.24, 2.45) is 0 Å². The van der Waals surface area contributed by atoms with Gasteiger partial charge in [0.25, 0.3) is 0 Å². The monoisotopic (exact) mass is 352 g/mol.